The van der Waals surface area contributed by atoms with Crippen LogP contribution in [0.15, 0.2) is 36.1 Å². The molecule has 0 aromatic carbocycles. The Kier molecular flexibility index (Phi) is 12.5. The van der Waals surface area contributed by atoms with Crippen LogP contribution in [0.4, 0.5) is 4.79 Å². The molecule has 3 amide bonds. The number of nitrogens with one attached hydrogen (secondary N) is 1. The van der Waals surface area contributed by atoms with Gasteiger partial charge in [-0.05, 0) is 26.0 Å². The van der Waals surface area contributed by atoms with Gasteiger partial charge in [0.05, 0.1) is 0 Å². The second-order valence-corrected chi connectivity index (χ2v) is 3.79. The molecule has 1 rings (SSSR count). The maximum Gasteiger partial charge on any atom is 0.328 e. The Hall–Kier alpha value is -1.84. The van der Waals surface area contributed by atoms with Crippen LogP contribution >= 0.6 is 0 Å². The summed E-state index contributed by atoms with van der Waals surface area (Å²) in [5, 5.41) is 2.27. The van der Waals surface area contributed by atoms with Crippen LogP contribution in [0.5, 0.6) is 0 Å². The predicted molar refractivity (Wildman–Crippen MR) is 85.3 cm³/mol. The molecule has 0 aromatic heterocycles. The maximum atomic E-state index is 11.5. The lowest BCUT2D eigenvalue weighted by Gasteiger charge is -2.27. The van der Waals surface area contributed by atoms with Crippen molar-refractivity contribution < 1.29 is 9.59 Å². The van der Waals surface area contributed by atoms with Crippen molar-refractivity contribution in [2.75, 3.05) is 6.54 Å². The highest BCUT2D eigenvalue weighted by molar-refractivity contribution is 5.97. The minimum Gasteiger partial charge on any atom is -0.294 e. The Morgan fingerprint density at radius 1 is 1.15 bits per heavy atom. The van der Waals surface area contributed by atoms with Gasteiger partial charge in [-0.3, -0.25) is 15.0 Å². The molecule has 1 heterocycles. The van der Waals surface area contributed by atoms with Gasteiger partial charge in [0.2, 0.25) is 5.91 Å². The number of urea groups is 1. The summed E-state index contributed by atoms with van der Waals surface area (Å²) >= 11 is 0. The van der Waals surface area contributed by atoms with Crippen LogP contribution in [-0.2, 0) is 4.79 Å². The molecule has 1 aliphatic rings. The van der Waals surface area contributed by atoms with Crippen LogP contribution in [0.2, 0.25) is 0 Å². The van der Waals surface area contributed by atoms with E-state index in [0.29, 0.717) is 18.7 Å². The van der Waals surface area contributed by atoms with Crippen molar-refractivity contribution in [2.45, 2.75) is 48.0 Å². The minimum absolute atomic E-state index is 0.230. The molecule has 1 fully saturated rings. The molecule has 4 heteroatoms. The molecular weight excluding hydrogens is 252 g/mol. The van der Waals surface area contributed by atoms with E-state index in [4.69, 9.17) is 0 Å². The van der Waals surface area contributed by atoms with Crippen LogP contribution in [0.3, 0.4) is 0 Å². The molecule has 0 aromatic rings. The van der Waals surface area contributed by atoms with Crippen molar-refractivity contribution in [2.24, 2.45) is 0 Å². The lowest BCUT2D eigenvalue weighted by molar-refractivity contribution is -0.121. The molecule has 0 atom stereocenters. The molecule has 1 aliphatic heterocycles. The third-order valence-electron chi connectivity index (χ3n) is 2.16. The predicted octanol–water partition coefficient (Wildman–Crippen LogP) is 4.02. The number of carbonyl (C=O) groups excluding carboxylic acids is 2. The minimum atomic E-state index is -0.385. The van der Waals surface area contributed by atoms with Gasteiger partial charge in [-0.15, -0.1) is 0 Å². The highest BCUT2D eigenvalue weighted by Gasteiger charge is 2.24. The van der Waals surface area contributed by atoms with E-state index in [1.807, 2.05) is 53.7 Å². The Morgan fingerprint density at radius 3 is 2.10 bits per heavy atom. The van der Waals surface area contributed by atoms with Gasteiger partial charge in [0, 0.05) is 18.7 Å². The average Bonchev–Trinajstić information content (AvgIpc) is 2.45. The number of carbonyl (C=O) groups is 2. The van der Waals surface area contributed by atoms with Crippen LogP contribution in [0, 0.1) is 0 Å². The van der Waals surface area contributed by atoms with E-state index in [1.54, 1.807) is 6.08 Å². The van der Waals surface area contributed by atoms with Crippen LogP contribution < -0.4 is 5.32 Å². The van der Waals surface area contributed by atoms with Gasteiger partial charge in [-0.25, -0.2) is 4.79 Å². The summed E-state index contributed by atoms with van der Waals surface area (Å²) in [6.45, 7) is 16.0. The van der Waals surface area contributed by atoms with Crippen molar-refractivity contribution in [3.05, 3.63) is 36.1 Å². The number of allylic oxidation sites excluding steroid dienone is 4. The largest absolute Gasteiger partial charge is 0.328 e. The van der Waals surface area contributed by atoms with Gasteiger partial charge in [0.15, 0.2) is 0 Å². The first-order valence-corrected chi connectivity index (χ1v) is 7.13. The van der Waals surface area contributed by atoms with Gasteiger partial charge < -0.3 is 0 Å². The van der Waals surface area contributed by atoms with Crippen molar-refractivity contribution in [3.63, 3.8) is 0 Å². The fraction of sp³-hybridized carbons (Fsp3) is 0.500. The van der Waals surface area contributed by atoms with Crippen LogP contribution in [0.25, 0.3) is 0 Å². The van der Waals surface area contributed by atoms with E-state index in [0.717, 1.165) is 5.57 Å². The Bertz CT molecular complexity index is 378. The Labute approximate surface area is 123 Å². The lowest BCUT2D eigenvalue weighted by Crippen LogP contribution is -2.48. The summed E-state index contributed by atoms with van der Waals surface area (Å²) in [6.07, 6.45) is 5.65. The number of rotatable bonds is 3. The molecule has 114 valence electrons. The van der Waals surface area contributed by atoms with E-state index in [2.05, 4.69) is 11.9 Å². The van der Waals surface area contributed by atoms with Gasteiger partial charge in [-0.2, -0.15) is 0 Å². The summed E-state index contributed by atoms with van der Waals surface area (Å²) in [4.78, 5) is 24.0. The molecule has 0 unspecified atom stereocenters. The van der Waals surface area contributed by atoms with Gasteiger partial charge in [0.25, 0.3) is 0 Å². The quantitative estimate of drug-likeness (QED) is 0.794. The average molecular weight is 280 g/mol. The molecule has 1 N–H and O–H groups in total. The smallest absolute Gasteiger partial charge is 0.294 e. The Balaban J connectivity index is 0. The number of hydrogen-bond acceptors (Lipinski definition) is 2. The zero-order chi connectivity index (χ0) is 16.1. The lowest BCUT2D eigenvalue weighted by atomic mass is 10.2. The summed E-state index contributed by atoms with van der Waals surface area (Å²) in [6, 6.07) is -0.385. The van der Waals surface area contributed by atoms with Crippen molar-refractivity contribution in [1.29, 1.82) is 0 Å². The van der Waals surface area contributed by atoms with E-state index >= 15 is 0 Å². The number of nitrogens with zero attached hydrogens (tertiary/aromatic N) is 1. The van der Waals surface area contributed by atoms with Crippen molar-refractivity contribution in [1.82, 2.24) is 10.2 Å². The van der Waals surface area contributed by atoms with Gasteiger partial charge >= 0.3 is 6.03 Å². The molecule has 1 saturated heterocycles. The molecule has 0 spiro atoms. The first-order chi connectivity index (χ1) is 9.54. The number of amides is 3. The summed E-state index contributed by atoms with van der Waals surface area (Å²) < 4.78 is 0. The van der Waals surface area contributed by atoms with Crippen molar-refractivity contribution in [3.8, 4) is 0 Å². The standard InChI is InChI=1S/C12H16N2O2.2C2H6/c1-4-10(6-5-9(2)3)14-8-7-11(15)13-12(14)16;2*1-2/h4-6H,1,7-8H2,2-3H3,(H,13,15,16);2*1-2H3/b10-6+;;. The fourth-order valence-corrected chi connectivity index (χ4v) is 1.33. The Morgan fingerprint density at radius 2 is 1.70 bits per heavy atom. The highest BCUT2D eigenvalue weighted by Crippen LogP contribution is 2.11. The summed E-state index contributed by atoms with van der Waals surface area (Å²) in [7, 11) is 0. The SMILES string of the molecule is C=C/C(=C\C=C(C)C)N1CCC(=O)NC1=O.CC.CC. The topological polar surface area (TPSA) is 49.4 Å². The normalized spacial score (nSPS) is 14.1. The van der Waals surface area contributed by atoms with Gasteiger partial charge in [0.1, 0.15) is 0 Å². The fourth-order valence-electron chi connectivity index (χ4n) is 1.33. The number of imide groups is 1. The molecule has 4 nitrogen and oxygen atoms in total. The first-order valence-electron chi connectivity index (χ1n) is 7.13. The molecular formula is C16H28N2O2. The molecule has 0 bridgehead atoms. The maximum absolute atomic E-state index is 11.5. The first kappa shape index (κ1) is 20.5. The summed E-state index contributed by atoms with van der Waals surface area (Å²) in [5.41, 5.74) is 1.83. The van der Waals surface area contributed by atoms with E-state index in [9.17, 15) is 9.59 Å². The zero-order valence-corrected chi connectivity index (χ0v) is 13.6. The highest BCUT2D eigenvalue weighted by atomic mass is 16.2. The van der Waals surface area contributed by atoms with E-state index < -0.39 is 0 Å². The molecule has 20 heavy (non-hydrogen) atoms. The van der Waals surface area contributed by atoms with Crippen LogP contribution in [0.1, 0.15) is 48.0 Å². The molecule has 0 saturated carbocycles. The number of hydrogen-bond donors (Lipinski definition) is 1. The second-order valence-electron chi connectivity index (χ2n) is 3.79. The van der Waals surface area contributed by atoms with Gasteiger partial charge in [-0.1, -0.05) is 45.9 Å². The monoisotopic (exact) mass is 280 g/mol. The van der Waals surface area contributed by atoms with E-state index in [1.165, 1.54) is 4.90 Å². The third-order valence-corrected chi connectivity index (χ3v) is 2.16. The third kappa shape index (κ3) is 7.56. The molecule has 0 radical (unpaired) electrons. The summed E-state index contributed by atoms with van der Waals surface area (Å²) in [5.74, 6) is -0.230. The second kappa shape index (κ2) is 12.2. The van der Waals surface area contributed by atoms with Crippen molar-refractivity contribution >= 4 is 11.9 Å². The molecule has 0 aliphatic carbocycles. The van der Waals surface area contributed by atoms with E-state index in [-0.39, 0.29) is 11.9 Å². The zero-order valence-electron chi connectivity index (χ0n) is 13.6. The van der Waals surface area contributed by atoms with Crippen LogP contribution in [-0.4, -0.2) is 23.4 Å².